The SMILES string of the molecule is C=CCON1C(=O)N2CC(n3ccc(N4C=CSC4C(=O)OC(=O)NC(C)(C)C)n3)=CC1C2. The van der Waals surface area contributed by atoms with E-state index in [-0.39, 0.29) is 18.7 Å². The van der Waals surface area contributed by atoms with E-state index < -0.39 is 23.0 Å². The molecule has 1 aromatic rings. The van der Waals surface area contributed by atoms with Gasteiger partial charge in [-0.05, 0) is 32.3 Å². The number of hydrogen-bond acceptors (Lipinski definition) is 8. The van der Waals surface area contributed by atoms with Crippen molar-refractivity contribution in [3.05, 3.63) is 42.6 Å². The van der Waals surface area contributed by atoms with Crippen molar-refractivity contribution in [2.75, 3.05) is 24.6 Å². The van der Waals surface area contributed by atoms with E-state index in [0.29, 0.717) is 18.9 Å². The highest BCUT2D eigenvalue weighted by Crippen LogP contribution is 2.32. The molecule has 1 aromatic heterocycles. The van der Waals surface area contributed by atoms with Gasteiger partial charge in [0.05, 0.1) is 24.9 Å². The van der Waals surface area contributed by atoms with Crippen LogP contribution in [0.3, 0.4) is 0 Å². The average Bonchev–Trinajstić information content (AvgIpc) is 3.45. The van der Waals surface area contributed by atoms with Crippen LogP contribution in [-0.4, -0.2) is 74.5 Å². The molecular weight excluding hydrogens is 448 g/mol. The van der Waals surface area contributed by atoms with Gasteiger partial charge in [0.25, 0.3) is 0 Å². The summed E-state index contributed by atoms with van der Waals surface area (Å²) < 4.78 is 6.64. The highest BCUT2D eigenvalue weighted by atomic mass is 32.2. The fourth-order valence-corrected chi connectivity index (χ4v) is 4.40. The zero-order valence-electron chi connectivity index (χ0n) is 18.6. The second-order valence-corrected chi connectivity index (χ2v) is 9.67. The molecule has 3 aliphatic rings. The highest BCUT2D eigenvalue weighted by Gasteiger charge is 2.41. The van der Waals surface area contributed by atoms with Crippen LogP contribution in [0.15, 0.2) is 42.6 Å². The van der Waals surface area contributed by atoms with Crippen molar-refractivity contribution in [2.45, 2.75) is 37.7 Å². The average molecular weight is 475 g/mol. The van der Waals surface area contributed by atoms with E-state index in [0.717, 1.165) is 5.70 Å². The van der Waals surface area contributed by atoms with E-state index in [2.05, 4.69) is 17.0 Å². The monoisotopic (exact) mass is 474 g/mol. The summed E-state index contributed by atoms with van der Waals surface area (Å²) in [5.74, 6) is -0.183. The summed E-state index contributed by atoms with van der Waals surface area (Å²) in [7, 11) is 0. The first-order valence-corrected chi connectivity index (χ1v) is 11.3. The fourth-order valence-electron chi connectivity index (χ4n) is 3.58. The van der Waals surface area contributed by atoms with Crippen LogP contribution in [0.1, 0.15) is 20.8 Å². The van der Waals surface area contributed by atoms with Gasteiger partial charge in [0.2, 0.25) is 0 Å². The van der Waals surface area contributed by atoms with Crippen molar-refractivity contribution in [1.82, 2.24) is 25.1 Å². The van der Waals surface area contributed by atoms with Gasteiger partial charge in [-0.2, -0.15) is 10.2 Å². The predicted molar refractivity (Wildman–Crippen MR) is 123 cm³/mol. The number of nitrogens with one attached hydrogen (secondary N) is 1. The normalized spacial score (nSPS) is 22.0. The number of thioether (sulfide) groups is 1. The third kappa shape index (κ3) is 4.91. The Labute approximate surface area is 195 Å². The van der Waals surface area contributed by atoms with Crippen molar-refractivity contribution in [1.29, 1.82) is 0 Å². The molecule has 11 nitrogen and oxygen atoms in total. The van der Waals surface area contributed by atoms with E-state index in [1.165, 1.54) is 16.8 Å². The van der Waals surface area contributed by atoms with E-state index in [1.807, 2.05) is 6.08 Å². The molecule has 3 amide bonds. The lowest BCUT2D eigenvalue weighted by molar-refractivity contribution is -0.136. The second-order valence-electron chi connectivity index (χ2n) is 8.68. The van der Waals surface area contributed by atoms with Gasteiger partial charge in [-0.1, -0.05) is 17.8 Å². The maximum absolute atomic E-state index is 12.6. The van der Waals surface area contributed by atoms with Gasteiger partial charge in [-0.15, -0.1) is 6.58 Å². The van der Waals surface area contributed by atoms with E-state index in [1.54, 1.807) is 65.2 Å². The van der Waals surface area contributed by atoms with Crippen molar-refractivity contribution in [3.8, 4) is 0 Å². The number of alkyl carbamates (subject to hydrolysis) is 1. The zero-order valence-corrected chi connectivity index (χ0v) is 19.4. The third-order valence-corrected chi connectivity index (χ3v) is 5.88. The van der Waals surface area contributed by atoms with Crippen LogP contribution in [0.5, 0.6) is 0 Å². The summed E-state index contributed by atoms with van der Waals surface area (Å²) in [6.45, 7) is 10.2. The third-order valence-electron chi connectivity index (χ3n) is 4.92. The van der Waals surface area contributed by atoms with Crippen molar-refractivity contribution < 1.29 is 24.0 Å². The van der Waals surface area contributed by atoms with Crippen LogP contribution >= 0.6 is 11.8 Å². The van der Waals surface area contributed by atoms with Gasteiger partial charge in [0.1, 0.15) is 0 Å². The van der Waals surface area contributed by atoms with Gasteiger partial charge < -0.3 is 19.9 Å². The molecule has 0 saturated carbocycles. The number of ether oxygens (including phenoxy) is 1. The number of aromatic nitrogens is 2. The van der Waals surface area contributed by atoms with Gasteiger partial charge in [-0.25, -0.2) is 19.1 Å². The smallest absolute Gasteiger partial charge is 0.374 e. The zero-order chi connectivity index (χ0) is 23.8. The standard InChI is InChI=1S/C21H26N6O5S/c1-5-9-31-27-15-11-14(12-24(13-15)20(27)30)26-7-6-16(23-26)25-8-10-33-17(25)18(28)32-19(29)22-21(2,3)4/h5-8,10-11,15,17H,1,9,12-13H2,2-4H3,(H,22,29). The lowest BCUT2D eigenvalue weighted by atomic mass is 10.1. The van der Waals surface area contributed by atoms with Crippen LogP contribution in [0.2, 0.25) is 0 Å². The molecule has 2 atom stereocenters. The number of urea groups is 1. The number of anilines is 1. The minimum atomic E-state index is -0.796. The predicted octanol–water partition coefficient (Wildman–Crippen LogP) is 2.36. The maximum Gasteiger partial charge on any atom is 0.415 e. The van der Waals surface area contributed by atoms with Crippen LogP contribution in [0, 0.1) is 0 Å². The van der Waals surface area contributed by atoms with Crippen LogP contribution in [0.4, 0.5) is 15.4 Å². The molecule has 4 heterocycles. The van der Waals surface area contributed by atoms with Gasteiger partial charge in [-0.3, -0.25) is 4.84 Å². The van der Waals surface area contributed by atoms with E-state index >= 15 is 0 Å². The van der Waals surface area contributed by atoms with Crippen molar-refractivity contribution >= 4 is 41.4 Å². The highest BCUT2D eigenvalue weighted by molar-refractivity contribution is 8.03. The van der Waals surface area contributed by atoms with Crippen LogP contribution in [0.25, 0.3) is 5.70 Å². The maximum atomic E-state index is 12.6. The number of amides is 3. The summed E-state index contributed by atoms with van der Waals surface area (Å²) in [4.78, 5) is 45.9. The molecule has 4 rings (SSSR count). The lowest BCUT2D eigenvalue weighted by Gasteiger charge is -2.23. The molecule has 0 spiro atoms. The van der Waals surface area contributed by atoms with Crippen LogP contribution < -0.4 is 10.2 Å². The fraction of sp³-hybridized carbons (Fsp3) is 0.429. The molecular formula is C21H26N6O5S. The van der Waals surface area contributed by atoms with E-state index in [9.17, 15) is 14.4 Å². The Morgan fingerprint density at radius 3 is 2.91 bits per heavy atom. The number of hydroxylamine groups is 2. The molecule has 12 heteroatoms. The van der Waals surface area contributed by atoms with Crippen molar-refractivity contribution in [3.63, 3.8) is 0 Å². The molecule has 1 saturated heterocycles. The molecule has 2 unspecified atom stereocenters. The second kappa shape index (κ2) is 8.94. The summed E-state index contributed by atoms with van der Waals surface area (Å²) in [6, 6.07) is 1.34. The quantitative estimate of drug-likeness (QED) is 0.380. The van der Waals surface area contributed by atoms with Crippen molar-refractivity contribution in [2.24, 2.45) is 0 Å². The molecule has 33 heavy (non-hydrogen) atoms. The lowest BCUT2D eigenvalue weighted by Crippen LogP contribution is -2.44. The molecule has 0 radical (unpaired) electrons. The first kappa shape index (κ1) is 22.9. The Morgan fingerprint density at radius 1 is 1.39 bits per heavy atom. The van der Waals surface area contributed by atoms with E-state index in [4.69, 9.17) is 9.57 Å². The topological polar surface area (TPSA) is 109 Å². The number of nitrogens with zero attached hydrogens (tertiary/aromatic N) is 5. The largest absolute Gasteiger partial charge is 0.415 e. The minimum absolute atomic E-state index is 0.198. The number of fused-ring (bicyclic) bond motifs is 2. The Balaban J connectivity index is 1.45. The Hall–Kier alpha value is -3.25. The first-order valence-electron chi connectivity index (χ1n) is 10.4. The summed E-state index contributed by atoms with van der Waals surface area (Å²) in [5, 5.41) is 9.51. The van der Waals surface area contributed by atoms with Gasteiger partial charge in [0, 0.05) is 30.5 Å². The Morgan fingerprint density at radius 2 is 2.18 bits per heavy atom. The first-order chi connectivity index (χ1) is 15.7. The molecule has 0 aromatic carbocycles. The minimum Gasteiger partial charge on any atom is -0.374 e. The number of carbonyl (C=O) groups is 3. The molecule has 3 aliphatic heterocycles. The molecule has 1 N–H and O–H groups in total. The van der Waals surface area contributed by atoms with Gasteiger partial charge >= 0.3 is 18.1 Å². The Bertz CT molecular complexity index is 1030. The molecule has 1 fully saturated rings. The summed E-state index contributed by atoms with van der Waals surface area (Å²) in [6.07, 6.45) is 6.21. The molecule has 2 bridgehead atoms. The van der Waals surface area contributed by atoms with Gasteiger partial charge in [0.15, 0.2) is 11.2 Å². The number of carbonyl (C=O) groups excluding carboxylic acids is 3. The van der Waals surface area contributed by atoms with Crippen LogP contribution in [-0.2, 0) is 14.4 Å². The number of hydrogen-bond donors (Lipinski definition) is 1. The number of esters is 1. The number of rotatable bonds is 6. The Kier molecular flexibility index (Phi) is 6.21. The summed E-state index contributed by atoms with van der Waals surface area (Å²) in [5.41, 5.74) is 0.295. The summed E-state index contributed by atoms with van der Waals surface area (Å²) >= 11 is 1.22. The molecule has 0 aliphatic carbocycles. The molecule has 176 valence electrons.